The number of rotatable bonds is 2. The van der Waals surface area contributed by atoms with Crippen LogP contribution in [-0.4, -0.2) is 21.5 Å². The molecule has 1 aromatic heterocycles. The van der Waals surface area contributed by atoms with E-state index in [2.05, 4.69) is 27.7 Å². The molecule has 1 aliphatic rings. The van der Waals surface area contributed by atoms with Crippen LogP contribution in [0.25, 0.3) is 0 Å². The fourth-order valence-electron chi connectivity index (χ4n) is 1.49. The molecule has 4 nitrogen and oxygen atoms in total. The zero-order chi connectivity index (χ0) is 9.97. The molecule has 2 heterocycles. The summed E-state index contributed by atoms with van der Waals surface area (Å²) in [6.07, 6.45) is 1.83. The maximum atomic E-state index is 5.14. The minimum Gasteiger partial charge on any atom is -0.326 e. The molecule has 74 valence electrons. The number of aromatic nitrogens is 1. The molecule has 0 saturated carbocycles. The lowest BCUT2D eigenvalue weighted by Crippen LogP contribution is -2.29. The third kappa shape index (κ3) is 1.56. The molecule has 1 aromatic rings. The van der Waals surface area contributed by atoms with Crippen molar-refractivity contribution in [1.82, 2.24) is 20.7 Å². The van der Waals surface area contributed by atoms with E-state index in [0.29, 0.717) is 0 Å². The van der Waals surface area contributed by atoms with Gasteiger partial charge in [0.05, 0.1) is 5.69 Å². The standard InChI is InChI=1S/C9H12N4S/c1-2-13-8(11-12-9(13)14)7-5-3-4-6-10-7/h3-6,8,11H,2H2,1H3,(H,12,14). The Labute approximate surface area is 88.3 Å². The van der Waals surface area contributed by atoms with Crippen molar-refractivity contribution in [3.05, 3.63) is 30.1 Å². The Hall–Kier alpha value is -1.20. The van der Waals surface area contributed by atoms with Crippen molar-refractivity contribution >= 4 is 17.3 Å². The van der Waals surface area contributed by atoms with Gasteiger partial charge in [0.2, 0.25) is 0 Å². The molecule has 0 amide bonds. The van der Waals surface area contributed by atoms with Crippen LogP contribution < -0.4 is 10.9 Å². The third-order valence-electron chi connectivity index (χ3n) is 2.20. The van der Waals surface area contributed by atoms with Crippen LogP contribution in [0.5, 0.6) is 0 Å². The first-order chi connectivity index (χ1) is 6.83. The van der Waals surface area contributed by atoms with Gasteiger partial charge >= 0.3 is 0 Å². The van der Waals surface area contributed by atoms with Crippen molar-refractivity contribution in [2.45, 2.75) is 13.1 Å². The Morgan fingerprint density at radius 3 is 3.07 bits per heavy atom. The van der Waals surface area contributed by atoms with Gasteiger partial charge in [0.25, 0.3) is 0 Å². The minimum absolute atomic E-state index is 0.0497. The first kappa shape index (κ1) is 9.36. The maximum Gasteiger partial charge on any atom is 0.185 e. The van der Waals surface area contributed by atoms with Crippen molar-refractivity contribution in [2.24, 2.45) is 0 Å². The lowest BCUT2D eigenvalue weighted by Gasteiger charge is -2.21. The fraction of sp³-hybridized carbons (Fsp3) is 0.333. The van der Waals surface area contributed by atoms with Crippen molar-refractivity contribution in [3.63, 3.8) is 0 Å². The molecule has 0 spiro atoms. The summed E-state index contributed by atoms with van der Waals surface area (Å²) in [7, 11) is 0. The third-order valence-corrected chi connectivity index (χ3v) is 2.53. The van der Waals surface area contributed by atoms with Crippen LogP contribution in [-0.2, 0) is 0 Å². The van der Waals surface area contributed by atoms with E-state index in [1.165, 1.54) is 0 Å². The maximum absolute atomic E-state index is 5.14. The van der Waals surface area contributed by atoms with Gasteiger partial charge in [-0.2, -0.15) is 0 Å². The molecule has 1 atom stereocenters. The number of nitrogens with zero attached hydrogens (tertiary/aromatic N) is 2. The highest BCUT2D eigenvalue weighted by Gasteiger charge is 2.27. The van der Waals surface area contributed by atoms with E-state index in [1.54, 1.807) is 6.20 Å². The number of pyridine rings is 1. The predicted octanol–water partition coefficient (Wildman–Crippen LogP) is 0.795. The van der Waals surface area contributed by atoms with Gasteiger partial charge in [-0.3, -0.25) is 10.4 Å². The summed E-state index contributed by atoms with van der Waals surface area (Å²) in [6.45, 7) is 2.93. The van der Waals surface area contributed by atoms with E-state index in [9.17, 15) is 0 Å². The smallest absolute Gasteiger partial charge is 0.185 e. The molecule has 0 bridgehead atoms. The number of thiocarbonyl (C=S) groups is 1. The largest absolute Gasteiger partial charge is 0.326 e. The highest BCUT2D eigenvalue weighted by Crippen LogP contribution is 2.18. The Morgan fingerprint density at radius 2 is 2.43 bits per heavy atom. The molecule has 0 radical (unpaired) electrons. The average Bonchev–Trinajstić information content (AvgIpc) is 2.61. The molecule has 2 N–H and O–H groups in total. The monoisotopic (exact) mass is 208 g/mol. The summed E-state index contributed by atoms with van der Waals surface area (Å²) >= 11 is 5.14. The van der Waals surface area contributed by atoms with E-state index in [4.69, 9.17) is 12.2 Å². The van der Waals surface area contributed by atoms with Crippen LogP contribution >= 0.6 is 12.2 Å². The highest BCUT2D eigenvalue weighted by atomic mass is 32.1. The van der Waals surface area contributed by atoms with Crippen LogP contribution in [0.4, 0.5) is 0 Å². The topological polar surface area (TPSA) is 40.2 Å². The minimum atomic E-state index is 0.0497. The molecule has 14 heavy (non-hydrogen) atoms. The molecule has 2 rings (SSSR count). The van der Waals surface area contributed by atoms with E-state index < -0.39 is 0 Å². The second-order valence-electron chi connectivity index (χ2n) is 3.02. The summed E-state index contributed by atoms with van der Waals surface area (Å²) in [5.74, 6) is 0. The SMILES string of the molecule is CCN1C(=S)NNC1c1ccccn1. The van der Waals surface area contributed by atoms with Gasteiger partial charge in [0.1, 0.15) is 6.17 Å². The Kier molecular flexibility index (Phi) is 2.60. The summed E-state index contributed by atoms with van der Waals surface area (Å²) < 4.78 is 0. The zero-order valence-corrected chi connectivity index (χ0v) is 8.71. The van der Waals surface area contributed by atoms with E-state index in [-0.39, 0.29) is 6.17 Å². The van der Waals surface area contributed by atoms with Gasteiger partial charge in [-0.15, -0.1) is 0 Å². The van der Waals surface area contributed by atoms with Crippen molar-refractivity contribution in [3.8, 4) is 0 Å². The molecule has 1 aliphatic heterocycles. The predicted molar refractivity (Wildman–Crippen MR) is 58.2 cm³/mol. The summed E-state index contributed by atoms with van der Waals surface area (Å²) in [5, 5.41) is 0.725. The Morgan fingerprint density at radius 1 is 1.57 bits per heavy atom. The van der Waals surface area contributed by atoms with Crippen LogP contribution in [0.2, 0.25) is 0 Å². The molecular formula is C9H12N4S. The molecule has 5 heteroatoms. The van der Waals surface area contributed by atoms with Crippen LogP contribution in [0, 0.1) is 0 Å². The van der Waals surface area contributed by atoms with Gasteiger partial charge in [-0.05, 0) is 31.3 Å². The van der Waals surface area contributed by atoms with Crippen molar-refractivity contribution in [2.75, 3.05) is 6.54 Å². The number of nitrogens with one attached hydrogen (secondary N) is 2. The highest BCUT2D eigenvalue weighted by molar-refractivity contribution is 7.80. The Balaban J connectivity index is 2.23. The lowest BCUT2D eigenvalue weighted by molar-refractivity contribution is 0.322. The second kappa shape index (κ2) is 3.89. The first-order valence-electron chi connectivity index (χ1n) is 4.56. The molecule has 1 saturated heterocycles. The quantitative estimate of drug-likeness (QED) is 0.703. The van der Waals surface area contributed by atoms with Gasteiger partial charge in [0.15, 0.2) is 5.11 Å². The van der Waals surface area contributed by atoms with Gasteiger partial charge in [-0.25, -0.2) is 5.43 Å². The Bertz CT molecular complexity index is 327. The molecule has 1 unspecified atom stereocenters. The molecular weight excluding hydrogens is 196 g/mol. The normalized spacial score (nSPS) is 21.1. The molecule has 0 aliphatic carbocycles. The second-order valence-corrected chi connectivity index (χ2v) is 3.40. The summed E-state index contributed by atoms with van der Waals surface area (Å²) in [6, 6.07) is 5.86. The average molecular weight is 208 g/mol. The summed E-state index contributed by atoms with van der Waals surface area (Å²) in [4.78, 5) is 6.34. The number of hydrogen-bond donors (Lipinski definition) is 2. The fourth-order valence-corrected chi connectivity index (χ4v) is 1.79. The van der Waals surface area contributed by atoms with Crippen LogP contribution in [0.1, 0.15) is 18.8 Å². The van der Waals surface area contributed by atoms with E-state index in [1.807, 2.05) is 18.2 Å². The van der Waals surface area contributed by atoms with Gasteiger partial charge < -0.3 is 4.90 Å². The molecule has 0 aromatic carbocycles. The van der Waals surface area contributed by atoms with Crippen LogP contribution in [0.3, 0.4) is 0 Å². The molecule has 1 fully saturated rings. The lowest BCUT2D eigenvalue weighted by atomic mass is 10.3. The zero-order valence-electron chi connectivity index (χ0n) is 7.90. The van der Waals surface area contributed by atoms with E-state index >= 15 is 0 Å². The van der Waals surface area contributed by atoms with Gasteiger partial charge in [0, 0.05) is 12.7 Å². The van der Waals surface area contributed by atoms with Crippen LogP contribution in [0.15, 0.2) is 24.4 Å². The number of hydrazine groups is 1. The van der Waals surface area contributed by atoms with Gasteiger partial charge in [-0.1, -0.05) is 6.07 Å². The van der Waals surface area contributed by atoms with Crippen molar-refractivity contribution < 1.29 is 0 Å². The number of hydrogen-bond acceptors (Lipinski definition) is 3. The van der Waals surface area contributed by atoms with Crippen molar-refractivity contribution in [1.29, 1.82) is 0 Å². The first-order valence-corrected chi connectivity index (χ1v) is 4.97. The van der Waals surface area contributed by atoms with E-state index in [0.717, 1.165) is 17.4 Å². The summed E-state index contributed by atoms with van der Waals surface area (Å²) in [5.41, 5.74) is 7.01.